The second-order valence-corrected chi connectivity index (χ2v) is 6.07. The van der Waals surface area contributed by atoms with Crippen molar-refractivity contribution in [2.75, 3.05) is 18.0 Å². The molecule has 2 aromatic rings. The summed E-state index contributed by atoms with van der Waals surface area (Å²) in [6.45, 7) is 0.325. The van der Waals surface area contributed by atoms with Gasteiger partial charge >= 0.3 is 0 Å². The van der Waals surface area contributed by atoms with Gasteiger partial charge in [0.1, 0.15) is 5.82 Å². The molecule has 0 atom stereocenters. The molecule has 3 rings (SSSR count). The van der Waals surface area contributed by atoms with E-state index >= 15 is 0 Å². The Morgan fingerprint density at radius 3 is 2.39 bits per heavy atom. The molecule has 1 aromatic heterocycles. The molecule has 2 amide bonds. The van der Waals surface area contributed by atoms with E-state index in [1.165, 1.54) is 22.7 Å². The number of nitrogens with two attached hydrogens (primary N) is 1. The number of hydrogen-bond acceptors (Lipinski definition) is 6. The Hall–Kier alpha value is -2.61. The van der Waals surface area contributed by atoms with Crippen LogP contribution >= 0.6 is 11.8 Å². The maximum absolute atomic E-state index is 12.2. The number of nitrogens with zero attached hydrogens (tertiary/aromatic N) is 2. The Morgan fingerprint density at radius 1 is 1.13 bits per heavy atom. The van der Waals surface area contributed by atoms with Gasteiger partial charge in [-0.1, -0.05) is 23.9 Å². The van der Waals surface area contributed by atoms with Crippen molar-refractivity contribution in [3.8, 4) is 0 Å². The largest absolute Gasteiger partial charge is 0.383 e. The molecule has 118 valence electrons. The average Bonchev–Trinajstić information content (AvgIpc) is 2.75. The van der Waals surface area contributed by atoms with Crippen molar-refractivity contribution in [1.29, 1.82) is 0 Å². The van der Waals surface area contributed by atoms with E-state index in [1.807, 2.05) is 0 Å². The minimum Gasteiger partial charge on any atom is -0.383 e. The molecule has 0 fully saturated rings. The van der Waals surface area contributed by atoms with Crippen LogP contribution in [-0.4, -0.2) is 39.0 Å². The number of nitrogens with one attached hydrogen (secondary N) is 1. The van der Waals surface area contributed by atoms with E-state index in [1.54, 1.807) is 24.3 Å². The zero-order valence-corrected chi connectivity index (χ0v) is 12.9. The predicted molar refractivity (Wildman–Crippen MR) is 86.4 cm³/mol. The molecule has 0 radical (unpaired) electrons. The number of thioether (sulfide) groups is 1. The summed E-state index contributed by atoms with van der Waals surface area (Å²) in [6.07, 6.45) is 0.592. The van der Waals surface area contributed by atoms with Crippen LogP contribution in [0.25, 0.3) is 0 Å². The zero-order chi connectivity index (χ0) is 16.4. The standard InChI is InChI=1S/C15H14N4O3S/c16-11-8-12(20)18-15(17-11)23-7-3-6-19-13(21)9-4-1-2-5-10(9)14(19)22/h1-2,4-5,8H,3,6-7H2,(H3,16,17,18,20). The van der Waals surface area contributed by atoms with Crippen molar-refractivity contribution >= 4 is 29.4 Å². The van der Waals surface area contributed by atoms with Crippen molar-refractivity contribution in [2.24, 2.45) is 0 Å². The third kappa shape index (κ3) is 3.11. The fourth-order valence-electron chi connectivity index (χ4n) is 2.36. The van der Waals surface area contributed by atoms with E-state index in [0.29, 0.717) is 35.0 Å². The summed E-state index contributed by atoms with van der Waals surface area (Å²) in [5.74, 6) is 0.244. The van der Waals surface area contributed by atoms with Crippen LogP contribution in [0.4, 0.5) is 5.82 Å². The van der Waals surface area contributed by atoms with Crippen LogP contribution in [-0.2, 0) is 0 Å². The van der Waals surface area contributed by atoms with Gasteiger partial charge in [0.25, 0.3) is 17.4 Å². The first kappa shape index (κ1) is 15.3. The highest BCUT2D eigenvalue weighted by atomic mass is 32.2. The Bertz CT molecular complexity index is 798. The quantitative estimate of drug-likeness (QED) is 0.368. The summed E-state index contributed by atoms with van der Waals surface area (Å²) >= 11 is 1.32. The first-order chi connectivity index (χ1) is 11.1. The molecule has 0 saturated carbocycles. The summed E-state index contributed by atoms with van der Waals surface area (Å²) in [4.78, 5) is 43.5. The highest BCUT2D eigenvalue weighted by molar-refractivity contribution is 7.99. The molecule has 2 heterocycles. The Kier molecular flexibility index (Phi) is 4.16. The fourth-order valence-corrected chi connectivity index (χ4v) is 3.16. The molecule has 3 N–H and O–H groups in total. The van der Waals surface area contributed by atoms with Crippen LogP contribution < -0.4 is 11.3 Å². The van der Waals surface area contributed by atoms with Crippen LogP contribution in [0.5, 0.6) is 0 Å². The van der Waals surface area contributed by atoms with Gasteiger partial charge in [0, 0.05) is 18.4 Å². The summed E-state index contributed by atoms with van der Waals surface area (Å²) in [6, 6.07) is 8.01. The number of amides is 2. The number of benzene rings is 1. The maximum Gasteiger partial charge on any atom is 0.261 e. The number of nitrogen functional groups attached to an aromatic ring is 1. The molecule has 1 aliphatic heterocycles. The average molecular weight is 330 g/mol. The lowest BCUT2D eigenvalue weighted by Crippen LogP contribution is -2.31. The zero-order valence-electron chi connectivity index (χ0n) is 12.1. The molecule has 0 bridgehead atoms. The van der Waals surface area contributed by atoms with Crippen molar-refractivity contribution in [1.82, 2.24) is 14.9 Å². The van der Waals surface area contributed by atoms with Gasteiger partial charge in [-0.2, -0.15) is 0 Å². The molecule has 0 unspecified atom stereocenters. The van der Waals surface area contributed by atoms with Gasteiger partial charge in [-0.15, -0.1) is 0 Å². The summed E-state index contributed by atoms with van der Waals surface area (Å²) in [5, 5.41) is 0.428. The smallest absolute Gasteiger partial charge is 0.261 e. The number of H-pyrrole nitrogens is 1. The number of anilines is 1. The molecule has 0 saturated heterocycles. The van der Waals surface area contributed by atoms with Gasteiger partial charge in [-0.25, -0.2) is 4.98 Å². The second kappa shape index (κ2) is 6.25. The fraction of sp³-hybridized carbons (Fsp3) is 0.200. The van der Waals surface area contributed by atoms with E-state index in [-0.39, 0.29) is 23.2 Å². The van der Waals surface area contributed by atoms with Gasteiger partial charge in [-0.05, 0) is 18.6 Å². The first-order valence-corrected chi connectivity index (χ1v) is 7.99. The molecular weight excluding hydrogens is 316 g/mol. The number of rotatable bonds is 5. The van der Waals surface area contributed by atoms with Gasteiger partial charge in [-0.3, -0.25) is 19.3 Å². The number of imide groups is 1. The van der Waals surface area contributed by atoms with Crippen molar-refractivity contribution in [2.45, 2.75) is 11.6 Å². The number of fused-ring (bicyclic) bond motifs is 1. The van der Waals surface area contributed by atoms with Gasteiger partial charge in [0.05, 0.1) is 11.1 Å². The lowest BCUT2D eigenvalue weighted by atomic mass is 10.1. The summed E-state index contributed by atoms with van der Waals surface area (Å²) in [7, 11) is 0. The molecule has 23 heavy (non-hydrogen) atoms. The predicted octanol–water partition coefficient (Wildman–Crippen LogP) is 1.13. The van der Waals surface area contributed by atoms with Crippen LogP contribution in [0, 0.1) is 0 Å². The Balaban J connectivity index is 1.57. The first-order valence-electron chi connectivity index (χ1n) is 7.01. The third-order valence-electron chi connectivity index (χ3n) is 3.38. The Labute approximate surface area is 135 Å². The SMILES string of the molecule is Nc1cc(=O)[nH]c(SCCCN2C(=O)c3ccccc3C2=O)n1. The number of carbonyl (C=O) groups is 2. The minimum absolute atomic E-state index is 0.164. The monoisotopic (exact) mass is 330 g/mol. The number of carbonyl (C=O) groups excluding carboxylic acids is 2. The summed E-state index contributed by atoms with van der Waals surface area (Å²) < 4.78 is 0. The van der Waals surface area contributed by atoms with Gasteiger partial charge in [0.2, 0.25) is 0 Å². The highest BCUT2D eigenvalue weighted by Gasteiger charge is 2.34. The normalized spacial score (nSPS) is 13.5. The molecule has 1 aliphatic rings. The lowest BCUT2D eigenvalue weighted by Gasteiger charge is -2.13. The molecule has 0 spiro atoms. The molecule has 0 aliphatic carbocycles. The minimum atomic E-state index is -0.305. The third-order valence-corrected chi connectivity index (χ3v) is 4.34. The topological polar surface area (TPSA) is 109 Å². The van der Waals surface area contributed by atoms with Crippen molar-refractivity contribution in [3.63, 3.8) is 0 Å². The van der Waals surface area contributed by atoms with Crippen LogP contribution in [0.15, 0.2) is 40.3 Å². The van der Waals surface area contributed by atoms with Crippen molar-refractivity contribution < 1.29 is 9.59 Å². The number of hydrogen-bond donors (Lipinski definition) is 2. The van der Waals surface area contributed by atoms with Gasteiger partial charge in [0.15, 0.2) is 5.16 Å². The van der Waals surface area contributed by atoms with E-state index in [9.17, 15) is 14.4 Å². The maximum atomic E-state index is 12.2. The van der Waals surface area contributed by atoms with Crippen molar-refractivity contribution in [3.05, 3.63) is 51.8 Å². The van der Waals surface area contributed by atoms with E-state index in [4.69, 9.17) is 5.73 Å². The number of aromatic amines is 1. The molecular formula is C15H14N4O3S. The Morgan fingerprint density at radius 2 is 1.78 bits per heavy atom. The summed E-state index contributed by atoms with van der Waals surface area (Å²) in [5.41, 5.74) is 6.10. The van der Waals surface area contributed by atoms with E-state index in [0.717, 1.165) is 0 Å². The van der Waals surface area contributed by atoms with E-state index < -0.39 is 0 Å². The van der Waals surface area contributed by atoms with Crippen LogP contribution in [0.3, 0.4) is 0 Å². The highest BCUT2D eigenvalue weighted by Crippen LogP contribution is 2.23. The lowest BCUT2D eigenvalue weighted by molar-refractivity contribution is 0.0655. The molecule has 7 nitrogen and oxygen atoms in total. The second-order valence-electron chi connectivity index (χ2n) is 4.98. The molecule has 1 aromatic carbocycles. The van der Waals surface area contributed by atoms with E-state index in [2.05, 4.69) is 9.97 Å². The van der Waals surface area contributed by atoms with Crippen LogP contribution in [0.2, 0.25) is 0 Å². The van der Waals surface area contributed by atoms with Gasteiger partial charge < -0.3 is 10.7 Å². The molecule has 8 heteroatoms. The number of aromatic nitrogens is 2. The van der Waals surface area contributed by atoms with Crippen LogP contribution in [0.1, 0.15) is 27.1 Å².